The molecule has 3 heteroatoms. The normalized spacial score (nSPS) is 11.8. The summed E-state index contributed by atoms with van der Waals surface area (Å²) < 4.78 is 5.62. The third-order valence-corrected chi connectivity index (χ3v) is 3.22. The highest BCUT2D eigenvalue weighted by atomic mass is 16.4. The minimum Gasteiger partial charge on any atom is -0.445 e. The number of hydrogen-bond donors (Lipinski definition) is 1. The van der Waals surface area contributed by atoms with Gasteiger partial charge in [0.15, 0.2) is 5.89 Å². The van der Waals surface area contributed by atoms with Gasteiger partial charge in [0.2, 0.25) is 0 Å². The first-order chi connectivity index (χ1) is 8.91. The first-order valence-electron chi connectivity index (χ1n) is 6.69. The summed E-state index contributed by atoms with van der Waals surface area (Å²) in [5, 5.41) is 0. The predicted molar refractivity (Wildman–Crippen MR) is 78.1 cm³/mol. The van der Waals surface area contributed by atoms with E-state index in [1.807, 2.05) is 6.92 Å². The molecular weight excluding hydrogens is 236 g/mol. The Balaban J connectivity index is 2.32. The number of hydrogen-bond acceptors (Lipinski definition) is 3. The van der Waals surface area contributed by atoms with Gasteiger partial charge in [-0.15, -0.1) is 0 Å². The van der Waals surface area contributed by atoms with Crippen LogP contribution >= 0.6 is 0 Å². The van der Waals surface area contributed by atoms with E-state index >= 15 is 0 Å². The van der Waals surface area contributed by atoms with E-state index in [1.165, 1.54) is 5.56 Å². The van der Waals surface area contributed by atoms with Gasteiger partial charge in [0.25, 0.3) is 0 Å². The van der Waals surface area contributed by atoms with E-state index in [2.05, 4.69) is 50.0 Å². The zero-order valence-electron chi connectivity index (χ0n) is 12.2. The van der Waals surface area contributed by atoms with Crippen molar-refractivity contribution < 1.29 is 4.42 Å². The number of aromatic nitrogens is 1. The van der Waals surface area contributed by atoms with Crippen molar-refractivity contribution in [1.29, 1.82) is 0 Å². The first kappa shape index (κ1) is 13.8. The Bertz CT molecular complexity index is 547. The molecule has 0 radical (unpaired) electrons. The zero-order valence-corrected chi connectivity index (χ0v) is 12.2. The Labute approximate surface area is 114 Å². The first-order valence-corrected chi connectivity index (χ1v) is 6.69. The molecule has 2 aromatic rings. The van der Waals surface area contributed by atoms with Crippen LogP contribution in [0, 0.1) is 6.92 Å². The van der Waals surface area contributed by atoms with E-state index in [1.54, 1.807) is 0 Å². The molecule has 0 aliphatic heterocycles. The van der Waals surface area contributed by atoms with E-state index < -0.39 is 0 Å². The molecule has 3 nitrogen and oxygen atoms in total. The summed E-state index contributed by atoms with van der Waals surface area (Å²) in [6.45, 7) is 9.14. The quantitative estimate of drug-likeness (QED) is 0.917. The van der Waals surface area contributed by atoms with E-state index in [0.29, 0.717) is 13.0 Å². The second-order valence-electron chi connectivity index (χ2n) is 5.88. The van der Waals surface area contributed by atoms with Crippen molar-refractivity contribution in [3.05, 3.63) is 41.5 Å². The largest absolute Gasteiger partial charge is 0.445 e. The topological polar surface area (TPSA) is 52.0 Å². The molecule has 102 valence electrons. The van der Waals surface area contributed by atoms with Crippen molar-refractivity contribution in [1.82, 2.24) is 4.98 Å². The van der Waals surface area contributed by atoms with Crippen molar-refractivity contribution in [3.63, 3.8) is 0 Å². The summed E-state index contributed by atoms with van der Waals surface area (Å²) in [5.41, 5.74) is 9.03. The van der Waals surface area contributed by atoms with Crippen LogP contribution in [0.25, 0.3) is 11.3 Å². The summed E-state index contributed by atoms with van der Waals surface area (Å²) in [5.74, 6) is 1.57. The van der Waals surface area contributed by atoms with Crippen LogP contribution in [-0.2, 0) is 11.8 Å². The Kier molecular flexibility index (Phi) is 3.76. The summed E-state index contributed by atoms with van der Waals surface area (Å²) in [7, 11) is 0. The molecule has 2 N–H and O–H groups in total. The lowest BCUT2D eigenvalue weighted by molar-refractivity contribution is 0.473. The SMILES string of the molecule is Cc1oc(CCN)nc1-c1ccc(C(C)(C)C)cc1. The van der Waals surface area contributed by atoms with Crippen LogP contribution in [0.5, 0.6) is 0 Å². The Morgan fingerprint density at radius 2 is 1.79 bits per heavy atom. The highest BCUT2D eigenvalue weighted by molar-refractivity contribution is 5.61. The van der Waals surface area contributed by atoms with Crippen LogP contribution in [0.3, 0.4) is 0 Å². The molecule has 0 aliphatic carbocycles. The molecular formula is C16H22N2O. The van der Waals surface area contributed by atoms with Crippen LogP contribution in [-0.4, -0.2) is 11.5 Å². The minimum atomic E-state index is 0.169. The lowest BCUT2D eigenvalue weighted by Gasteiger charge is -2.18. The smallest absolute Gasteiger partial charge is 0.196 e. The summed E-state index contributed by atoms with van der Waals surface area (Å²) in [6, 6.07) is 8.54. The third kappa shape index (κ3) is 3.04. The van der Waals surface area contributed by atoms with Crippen molar-refractivity contribution >= 4 is 0 Å². The van der Waals surface area contributed by atoms with Gasteiger partial charge in [-0.1, -0.05) is 45.0 Å². The second-order valence-corrected chi connectivity index (χ2v) is 5.88. The molecule has 0 fully saturated rings. The molecule has 0 aliphatic rings. The minimum absolute atomic E-state index is 0.169. The van der Waals surface area contributed by atoms with Crippen LogP contribution in [0.1, 0.15) is 38.0 Å². The van der Waals surface area contributed by atoms with E-state index in [9.17, 15) is 0 Å². The maximum atomic E-state index is 5.62. The van der Waals surface area contributed by atoms with Gasteiger partial charge in [-0.3, -0.25) is 0 Å². The van der Waals surface area contributed by atoms with Crippen LogP contribution in [0.15, 0.2) is 28.7 Å². The molecule has 2 rings (SSSR count). The molecule has 0 unspecified atom stereocenters. The molecule has 1 heterocycles. The Hall–Kier alpha value is -1.61. The van der Waals surface area contributed by atoms with Crippen LogP contribution < -0.4 is 5.73 Å². The fraction of sp³-hybridized carbons (Fsp3) is 0.438. The monoisotopic (exact) mass is 258 g/mol. The number of oxazole rings is 1. The van der Waals surface area contributed by atoms with Crippen molar-refractivity contribution in [3.8, 4) is 11.3 Å². The average molecular weight is 258 g/mol. The van der Waals surface area contributed by atoms with Gasteiger partial charge >= 0.3 is 0 Å². The summed E-state index contributed by atoms with van der Waals surface area (Å²) >= 11 is 0. The molecule has 0 saturated carbocycles. The molecule has 1 aromatic carbocycles. The fourth-order valence-corrected chi connectivity index (χ4v) is 2.08. The Morgan fingerprint density at radius 3 is 2.32 bits per heavy atom. The maximum Gasteiger partial charge on any atom is 0.196 e. The van der Waals surface area contributed by atoms with Gasteiger partial charge in [0.05, 0.1) is 0 Å². The summed E-state index contributed by atoms with van der Waals surface area (Å²) in [6.07, 6.45) is 0.681. The average Bonchev–Trinajstić information content (AvgIpc) is 2.70. The third-order valence-electron chi connectivity index (χ3n) is 3.22. The maximum absolute atomic E-state index is 5.62. The predicted octanol–water partition coefficient (Wildman–Crippen LogP) is 3.45. The number of aryl methyl sites for hydroxylation is 1. The lowest BCUT2D eigenvalue weighted by Crippen LogP contribution is -2.10. The van der Waals surface area contributed by atoms with E-state index in [4.69, 9.17) is 10.2 Å². The molecule has 0 atom stereocenters. The van der Waals surface area contributed by atoms with Gasteiger partial charge in [-0.05, 0) is 17.9 Å². The molecule has 0 amide bonds. The molecule has 0 spiro atoms. The van der Waals surface area contributed by atoms with Crippen molar-refractivity contribution in [2.45, 2.75) is 39.5 Å². The van der Waals surface area contributed by atoms with Gasteiger partial charge in [-0.2, -0.15) is 0 Å². The summed E-state index contributed by atoms with van der Waals surface area (Å²) in [4.78, 5) is 4.51. The lowest BCUT2D eigenvalue weighted by atomic mass is 9.86. The molecule has 0 bridgehead atoms. The standard InChI is InChI=1S/C16H22N2O/c1-11-15(18-14(19-11)9-10-17)12-5-7-13(8-6-12)16(2,3)4/h5-8H,9-10,17H2,1-4H3. The van der Waals surface area contributed by atoms with Crippen LogP contribution in [0.2, 0.25) is 0 Å². The fourth-order valence-electron chi connectivity index (χ4n) is 2.08. The number of nitrogens with zero attached hydrogens (tertiary/aromatic N) is 1. The van der Waals surface area contributed by atoms with E-state index in [-0.39, 0.29) is 5.41 Å². The second kappa shape index (κ2) is 5.17. The number of benzene rings is 1. The highest BCUT2D eigenvalue weighted by Gasteiger charge is 2.15. The number of rotatable bonds is 3. The number of nitrogens with two attached hydrogens (primary N) is 1. The van der Waals surface area contributed by atoms with Gasteiger partial charge in [0, 0.05) is 18.5 Å². The molecule has 1 aromatic heterocycles. The van der Waals surface area contributed by atoms with Crippen LogP contribution in [0.4, 0.5) is 0 Å². The van der Waals surface area contributed by atoms with Gasteiger partial charge in [-0.25, -0.2) is 4.98 Å². The van der Waals surface area contributed by atoms with Crippen molar-refractivity contribution in [2.75, 3.05) is 6.54 Å². The van der Waals surface area contributed by atoms with Crippen molar-refractivity contribution in [2.24, 2.45) is 5.73 Å². The zero-order chi connectivity index (χ0) is 14.0. The Morgan fingerprint density at radius 1 is 1.16 bits per heavy atom. The van der Waals surface area contributed by atoms with Gasteiger partial charge in [0.1, 0.15) is 11.5 Å². The van der Waals surface area contributed by atoms with Gasteiger partial charge < -0.3 is 10.2 Å². The highest BCUT2D eigenvalue weighted by Crippen LogP contribution is 2.27. The molecule has 0 saturated heterocycles. The van der Waals surface area contributed by atoms with E-state index in [0.717, 1.165) is 22.9 Å². The molecule has 19 heavy (non-hydrogen) atoms.